The number of carbonyl (C=O) groups excluding carboxylic acids is 1. The van der Waals surface area contributed by atoms with Crippen LogP contribution in [0.4, 0.5) is 0 Å². The van der Waals surface area contributed by atoms with Crippen molar-refractivity contribution in [3.63, 3.8) is 0 Å². The van der Waals surface area contributed by atoms with Gasteiger partial charge in [0.25, 0.3) is 0 Å². The van der Waals surface area contributed by atoms with Crippen molar-refractivity contribution >= 4 is 21.9 Å². The van der Waals surface area contributed by atoms with E-state index in [1.54, 1.807) is 6.92 Å². The number of rotatable bonds is 6. The van der Waals surface area contributed by atoms with Gasteiger partial charge in [-0.1, -0.05) is 28.1 Å². The molecule has 1 atom stereocenters. The average Bonchev–Trinajstić information content (AvgIpc) is 2.27. The molecule has 0 aliphatic heterocycles. The highest BCUT2D eigenvalue weighted by molar-refractivity contribution is 9.10. The highest BCUT2D eigenvalue weighted by atomic mass is 79.9. The topological polar surface area (TPSA) is 52.3 Å². The Morgan fingerprint density at radius 1 is 1.53 bits per heavy atom. The number of esters is 1. The maximum Gasteiger partial charge on any atom is 0.305 e. The molecule has 0 aliphatic rings. The maximum atomic E-state index is 11.2. The third-order valence-electron chi connectivity index (χ3n) is 2.41. The van der Waals surface area contributed by atoms with E-state index in [2.05, 4.69) is 15.9 Å². The Labute approximate surface area is 110 Å². The molecule has 17 heavy (non-hydrogen) atoms. The molecule has 0 fully saturated rings. The second-order valence-corrected chi connectivity index (χ2v) is 4.85. The van der Waals surface area contributed by atoms with Crippen LogP contribution in [-0.4, -0.2) is 18.6 Å². The van der Waals surface area contributed by atoms with Crippen LogP contribution in [0, 0.1) is 0 Å². The molecule has 1 aromatic rings. The summed E-state index contributed by atoms with van der Waals surface area (Å²) in [5.41, 5.74) is 7.15. The first-order chi connectivity index (χ1) is 8.11. The molecule has 0 saturated heterocycles. The lowest BCUT2D eigenvalue weighted by Gasteiger charge is -2.11. The summed E-state index contributed by atoms with van der Waals surface area (Å²) in [7, 11) is 0. The maximum absolute atomic E-state index is 11.2. The van der Waals surface area contributed by atoms with Crippen molar-refractivity contribution in [2.45, 2.75) is 32.2 Å². The highest BCUT2D eigenvalue weighted by Crippen LogP contribution is 2.13. The van der Waals surface area contributed by atoms with Crippen LogP contribution >= 0.6 is 15.9 Å². The molecular weight excluding hydrogens is 282 g/mol. The van der Waals surface area contributed by atoms with Gasteiger partial charge in [-0.3, -0.25) is 4.79 Å². The van der Waals surface area contributed by atoms with E-state index in [0.717, 1.165) is 10.9 Å². The number of hydrogen-bond donors (Lipinski definition) is 1. The highest BCUT2D eigenvalue weighted by Gasteiger charge is 2.08. The monoisotopic (exact) mass is 299 g/mol. The minimum Gasteiger partial charge on any atom is -0.466 e. The molecule has 3 nitrogen and oxygen atoms in total. The van der Waals surface area contributed by atoms with Gasteiger partial charge in [0, 0.05) is 16.9 Å². The minimum absolute atomic E-state index is 0.00583. The summed E-state index contributed by atoms with van der Waals surface area (Å²) in [4.78, 5) is 11.2. The summed E-state index contributed by atoms with van der Waals surface area (Å²) in [6.45, 7) is 2.24. The molecule has 0 amide bonds. The number of nitrogens with two attached hydrogens (primary N) is 1. The number of carbonyl (C=O) groups is 1. The Kier molecular flexibility index (Phi) is 6.22. The Morgan fingerprint density at radius 2 is 2.29 bits per heavy atom. The molecule has 0 aromatic heterocycles. The summed E-state index contributed by atoms with van der Waals surface area (Å²) in [6.07, 6.45) is 1.83. The first kappa shape index (κ1) is 14.2. The van der Waals surface area contributed by atoms with Gasteiger partial charge < -0.3 is 10.5 Å². The fraction of sp³-hybridized carbons (Fsp3) is 0.462. The first-order valence-corrected chi connectivity index (χ1v) is 6.56. The zero-order valence-electron chi connectivity index (χ0n) is 9.99. The predicted molar refractivity (Wildman–Crippen MR) is 71.7 cm³/mol. The summed E-state index contributed by atoms with van der Waals surface area (Å²) >= 11 is 3.42. The third kappa shape index (κ3) is 5.84. The lowest BCUT2D eigenvalue weighted by atomic mass is 10.0. The number of halogens is 1. The number of benzene rings is 1. The summed E-state index contributed by atoms with van der Waals surface area (Å²) in [5.74, 6) is -0.169. The lowest BCUT2D eigenvalue weighted by molar-refractivity contribution is -0.143. The zero-order chi connectivity index (χ0) is 12.7. The van der Waals surface area contributed by atoms with Gasteiger partial charge in [0.05, 0.1) is 6.61 Å². The molecule has 4 heteroatoms. The lowest BCUT2D eigenvalue weighted by Crippen LogP contribution is -2.24. The van der Waals surface area contributed by atoms with Crippen molar-refractivity contribution in [1.29, 1.82) is 0 Å². The van der Waals surface area contributed by atoms with Gasteiger partial charge in [-0.25, -0.2) is 0 Å². The van der Waals surface area contributed by atoms with Crippen LogP contribution in [0.15, 0.2) is 28.7 Å². The van der Waals surface area contributed by atoms with E-state index < -0.39 is 0 Å². The molecule has 94 valence electrons. The molecular formula is C13H18BrNO2. The van der Waals surface area contributed by atoms with E-state index in [1.807, 2.05) is 24.3 Å². The molecule has 0 aliphatic carbocycles. The van der Waals surface area contributed by atoms with Crippen LogP contribution in [0.3, 0.4) is 0 Å². The van der Waals surface area contributed by atoms with Gasteiger partial charge in [0.2, 0.25) is 0 Å². The Morgan fingerprint density at radius 3 is 2.94 bits per heavy atom. The van der Waals surface area contributed by atoms with Crippen molar-refractivity contribution in [2.24, 2.45) is 5.73 Å². The van der Waals surface area contributed by atoms with Crippen molar-refractivity contribution in [3.8, 4) is 0 Å². The van der Waals surface area contributed by atoms with E-state index in [0.29, 0.717) is 19.4 Å². The molecule has 0 heterocycles. The molecule has 0 radical (unpaired) electrons. The fourth-order valence-electron chi connectivity index (χ4n) is 1.61. The van der Waals surface area contributed by atoms with E-state index >= 15 is 0 Å². The van der Waals surface area contributed by atoms with Crippen LogP contribution in [0.25, 0.3) is 0 Å². The normalized spacial score (nSPS) is 12.2. The number of hydrogen-bond acceptors (Lipinski definition) is 3. The van der Waals surface area contributed by atoms with Crippen LogP contribution in [0.5, 0.6) is 0 Å². The van der Waals surface area contributed by atoms with Crippen LogP contribution < -0.4 is 5.73 Å². The van der Waals surface area contributed by atoms with Crippen molar-refractivity contribution < 1.29 is 9.53 Å². The predicted octanol–water partition coefficient (Wildman–Crippen LogP) is 2.66. The van der Waals surface area contributed by atoms with Gasteiger partial charge in [-0.15, -0.1) is 0 Å². The van der Waals surface area contributed by atoms with Gasteiger partial charge in [-0.05, 0) is 37.5 Å². The standard InChI is InChI=1S/C13H18BrNO2/c1-2-17-13(16)7-6-12(15)9-10-4-3-5-11(14)8-10/h3-5,8,12H,2,6-7,9,15H2,1H3. The molecule has 1 rings (SSSR count). The smallest absolute Gasteiger partial charge is 0.305 e. The zero-order valence-corrected chi connectivity index (χ0v) is 11.6. The van der Waals surface area contributed by atoms with Gasteiger partial charge in [0.15, 0.2) is 0 Å². The molecule has 0 spiro atoms. The van der Waals surface area contributed by atoms with E-state index in [9.17, 15) is 4.79 Å². The van der Waals surface area contributed by atoms with Crippen molar-refractivity contribution in [3.05, 3.63) is 34.3 Å². The van der Waals surface area contributed by atoms with Crippen LogP contribution in [-0.2, 0) is 16.0 Å². The van der Waals surface area contributed by atoms with Crippen molar-refractivity contribution in [2.75, 3.05) is 6.61 Å². The SMILES string of the molecule is CCOC(=O)CCC(N)Cc1cccc(Br)c1. The molecule has 1 unspecified atom stereocenters. The fourth-order valence-corrected chi connectivity index (χ4v) is 2.05. The summed E-state index contributed by atoms with van der Waals surface area (Å²) < 4.78 is 5.91. The second kappa shape index (κ2) is 7.45. The molecule has 2 N–H and O–H groups in total. The van der Waals surface area contributed by atoms with Gasteiger partial charge >= 0.3 is 5.97 Å². The average molecular weight is 300 g/mol. The molecule has 1 aromatic carbocycles. The number of ether oxygens (including phenoxy) is 1. The Hall–Kier alpha value is -0.870. The quantitative estimate of drug-likeness (QED) is 0.822. The second-order valence-electron chi connectivity index (χ2n) is 3.94. The summed E-state index contributed by atoms with van der Waals surface area (Å²) in [5, 5.41) is 0. The third-order valence-corrected chi connectivity index (χ3v) is 2.90. The van der Waals surface area contributed by atoms with Crippen LogP contribution in [0.1, 0.15) is 25.3 Å². The summed E-state index contributed by atoms with van der Waals surface area (Å²) in [6, 6.07) is 8.04. The molecule has 0 saturated carbocycles. The van der Waals surface area contributed by atoms with E-state index in [4.69, 9.17) is 10.5 Å². The van der Waals surface area contributed by atoms with E-state index in [1.165, 1.54) is 5.56 Å². The Balaban J connectivity index is 2.34. The van der Waals surface area contributed by atoms with Gasteiger partial charge in [-0.2, -0.15) is 0 Å². The minimum atomic E-state index is -0.169. The van der Waals surface area contributed by atoms with Crippen molar-refractivity contribution in [1.82, 2.24) is 0 Å². The van der Waals surface area contributed by atoms with E-state index in [-0.39, 0.29) is 12.0 Å². The molecule has 0 bridgehead atoms. The van der Waals surface area contributed by atoms with Gasteiger partial charge in [0.1, 0.15) is 0 Å². The van der Waals surface area contributed by atoms with Crippen LogP contribution in [0.2, 0.25) is 0 Å². The first-order valence-electron chi connectivity index (χ1n) is 5.77. The Bertz CT molecular complexity index is 368. The largest absolute Gasteiger partial charge is 0.466 e.